The van der Waals surface area contributed by atoms with Crippen LogP contribution in [-0.4, -0.2) is 42.0 Å². The smallest absolute Gasteiger partial charge is 0.272 e. The van der Waals surface area contributed by atoms with E-state index in [1.165, 1.54) is 0 Å². The molecule has 6 heteroatoms. The summed E-state index contributed by atoms with van der Waals surface area (Å²) in [6.45, 7) is 2.98. The lowest BCUT2D eigenvalue weighted by molar-refractivity contribution is 0.0741. The number of amides is 1. The van der Waals surface area contributed by atoms with Gasteiger partial charge in [0, 0.05) is 53.2 Å². The predicted octanol–water partition coefficient (Wildman–Crippen LogP) is 3.91. The minimum atomic E-state index is 0.0102. The van der Waals surface area contributed by atoms with E-state index in [1.807, 2.05) is 40.6 Å². The molecule has 4 nitrogen and oxygen atoms in total. The molecule has 3 heterocycles. The highest BCUT2D eigenvalue weighted by atomic mass is 35.5. The van der Waals surface area contributed by atoms with Gasteiger partial charge in [-0.05, 0) is 35.7 Å². The van der Waals surface area contributed by atoms with Crippen LogP contribution >= 0.6 is 22.9 Å². The number of nitrogens with zero attached hydrogens (tertiary/aromatic N) is 3. The summed E-state index contributed by atoms with van der Waals surface area (Å²) in [6, 6.07) is 11.8. The number of thiophene rings is 1. The zero-order valence-corrected chi connectivity index (χ0v) is 14.6. The number of fused-ring (bicyclic) bond motifs is 1. The molecule has 0 spiro atoms. The summed E-state index contributed by atoms with van der Waals surface area (Å²) >= 11 is 7.70. The number of hydrogen-bond donors (Lipinski definition) is 0. The zero-order valence-electron chi connectivity index (χ0n) is 13.0. The first-order chi connectivity index (χ1) is 11.7. The van der Waals surface area contributed by atoms with Gasteiger partial charge >= 0.3 is 0 Å². The van der Waals surface area contributed by atoms with Crippen molar-refractivity contribution >= 4 is 44.6 Å². The molecule has 0 saturated carbocycles. The number of piperazine rings is 1. The third-order valence-electron chi connectivity index (χ3n) is 4.30. The second-order valence-electron chi connectivity index (χ2n) is 5.79. The van der Waals surface area contributed by atoms with E-state index in [1.54, 1.807) is 17.5 Å². The molecule has 3 aromatic rings. The highest BCUT2D eigenvalue weighted by Gasteiger charge is 2.23. The lowest BCUT2D eigenvalue weighted by Gasteiger charge is -2.36. The number of carbonyl (C=O) groups is 1. The Hall–Kier alpha value is -2.11. The average Bonchev–Trinajstić information content (AvgIpc) is 3.09. The Bertz CT molecular complexity index is 887. The van der Waals surface area contributed by atoms with Crippen molar-refractivity contribution in [3.8, 4) is 0 Å². The number of benzene rings is 1. The number of pyridine rings is 1. The van der Waals surface area contributed by atoms with Crippen molar-refractivity contribution < 1.29 is 4.79 Å². The molecule has 1 amide bonds. The van der Waals surface area contributed by atoms with E-state index in [-0.39, 0.29) is 5.91 Å². The fourth-order valence-electron chi connectivity index (χ4n) is 2.97. The van der Waals surface area contributed by atoms with Gasteiger partial charge < -0.3 is 9.80 Å². The maximum Gasteiger partial charge on any atom is 0.272 e. The van der Waals surface area contributed by atoms with Crippen molar-refractivity contribution in [1.82, 2.24) is 9.88 Å². The zero-order chi connectivity index (χ0) is 16.5. The maximum absolute atomic E-state index is 12.7. The van der Waals surface area contributed by atoms with Crippen LogP contribution in [0.1, 0.15) is 10.5 Å². The van der Waals surface area contributed by atoms with E-state index in [0.717, 1.165) is 33.9 Å². The highest BCUT2D eigenvalue weighted by Crippen LogP contribution is 2.23. The molecule has 1 fully saturated rings. The molecule has 1 aliphatic rings. The molecule has 0 N–H and O–H groups in total. The standard InChI is InChI=1S/C18H16ClN3OS/c19-14-2-1-3-15(10-14)21-5-7-22(8-6-21)18(23)16-11-17-13(12-20-16)4-9-24-17/h1-4,9-12H,5-8H2. The molecule has 1 saturated heterocycles. The number of rotatable bonds is 2. The van der Waals surface area contributed by atoms with Crippen LogP contribution in [-0.2, 0) is 0 Å². The van der Waals surface area contributed by atoms with Gasteiger partial charge in [0.1, 0.15) is 5.69 Å². The molecule has 2 aromatic heterocycles. The van der Waals surface area contributed by atoms with Gasteiger partial charge in [-0.15, -0.1) is 11.3 Å². The van der Waals surface area contributed by atoms with E-state index in [9.17, 15) is 4.79 Å². The van der Waals surface area contributed by atoms with Crippen LogP contribution in [0.3, 0.4) is 0 Å². The number of carbonyl (C=O) groups excluding carboxylic acids is 1. The van der Waals surface area contributed by atoms with E-state index in [0.29, 0.717) is 18.8 Å². The highest BCUT2D eigenvalue weighted by molar-refractivity contribution is 7.17. The topological polar surface area (TPSA) is 36.4 Å². The van der Waals surface area contributed by atoms with Crippen LogP contribution in [0.5, 0.6) is 0 Å². The van der Waals surface area contributed by atoms with Crippen LogP contribution in [0.2, 0.25) is 5.02 Å². The molecule has 0 bridgehead atoms. The first-order valence-electron chi connectivity index (χ1n) is 7.84. The van der Waals surface area contributed by atoms with Gasteiger partial charge in [0.05, 0.1) is 0 Å². The summed E-state index contributed by atoms with van der Waals surface area (Å²) in [4.78, 5) is 21.2. The SMILES string of the molecule is O=C(c1cc2sccc2cn1)N1CCN(c2cccc(Cl)c2)CC1. The minimum Gasteiger partial charge on any atom is -0.368 e. The summed E-state index contributed by atoms with van der Waals surface area (Å²) in [5.74, 6) is 0.0102. The van der Waals surface area contributed by atoms with Crippen molar-refractivity contribution in [3.63, 3.8) is 0 Å². The molecule has 0 aliphatic carbocycles. The summed E-state index contributed by atoms with van der Waals surface area (Å²) in [6.07, 6.45) is 1.78. The second kappa shape index (κ2) is 6.42. The summed E-state index contributed by atoms with van der Waals surface area (Å²) in [7, 11) is 0. The van der Waals surface area contributed by atoms with Gasteiger partial charge in [-0.2, -0.15) is 0 Å². The number of aromatic nitrogens is 1. The molecule has 0 unspecified atom stereocenters. The number of hydrogen-bond acceptors (Lipinski definition) is 4. The van der Waals surface area contributed by atoms with Crippen LogP contribution < -0.4 is 4.90 Å². The third kappa shape index (κ3) is 2.97. The molecule has 24 heavy (non-hydrogen) atoms. The fraction of sp³-hybridized carbons (Fsp3) is 0.222. The Kier molecular flexibility index (Phi) is 4.12. The Morgan fingerprint density at radius 2 is 1.96 bits per heavy atom. The lowest BCUT2D eigenvalue weighted by Crippen LogP contribution is -2.49. The van der Waals surface area contributed by atoms with Crippen molar-refractivity contribution in [2.75, 3.05) is 31.1 Å². The van der Waals surface area contributed by atoms with E-state index in [2.05, 4.69) is 16.0 Å². The van der Waals surface area contributed by atoms with E-state index >= 15 is 0 Å². The molecular weight excluding hydrogens is 342 g/mol. The number of anilines is 1. The quantitative estimate of drug-likeness (QED) is 0.697. The Balaban J connectivity index is 1.46. The molecule has 1 aromatic carbocycles. The summed E-state index contributed by atoms with van der Waals surface area (Å²) in [5, 5.41) is 3.84. The summed E-state index contributed by atoms with van der Waals surface area (Å²) in [5.41, 5.74) is 1.63. The van der Waals surface area contributed by atoms with Crippen molar-refractivity contribution in [1.29, 1.82) is 0 Å². The third-order valence-corrected chi connectivity index (χ3v) is 5.41. The maximum atomic E-state index is 12.7. The van der Waals surface area contributed by atoms with Crippen LogP contribution in [0.4, 0.5) is 5.69 Å². The molecule has 0 radical (unpaired) electrons. The van der Waals surface area contributed by atoms with Gasteiger partial charge in [-0.3, -0.25) is 9.78 Å². The fourth-order valence-corrected chi connectivity index (χ4v) is 3.96. The van der Waals surface area contributed by atoms with Crippen LogP contribution in [0.15, 0.2) is 48.0 Å². The normalized spacial score (nSPS) is 15.0. The van der Waals surface area contributed by atoms with E-state index in [4.69, 9.17) is 11.6 Å². The first-order valence-corrected chi connectivity index (χ1v) is 9.09. The molecule has 1 aliphatic heterocycles. The van der Waals surface area contributed by atoms with Crippen LogP contribution in [0.25, 0.3) is 10.1 Å². The Labute approximate surface area is 149 Å². The molecule has 4 rings (SSSR count). The average molecular weight is 358 g/mol. The minimum absolute atomic E-state index is 0.0102. The van der Waals surface area contributed by atoms with Gasteiger partial charge in [0.15, 0.2) is 0 Å². The Morgan fingerprint density at radius 1 is 1.12 bits per heavy atom. The van der Waals surface area contributed by atoms with Crippen molar-refractivity contribution in [3.05, 3.63) is 58.7 Å². The van der Waals surface area contributed by atoms with E-state index < -0.39 is 0 Å². The number of halogens is 1. The molecule has 122 valence electrons. The van der Waals surface area contributed by atoms with Crippen molar-refractivity contribution in [2.45, 2.75) is 0 Å². The molecule has 0 atom stereocenters. The van der Waals surface area contributed by atoms with Gasteiger partial charge in [-0.1, -0.05) is 17.7 Å². The summed E-state index contributed by atoms with van der Waals surface area (Å²) < 4.78 is 1.10. The van der Waals surface area contributed by atoms with Crippen LogP contribution in [0, 0.1) is 0 Å². The van der Waals surface area contributed by atoms with Crippen molar-refractivity contribution in [2.24, 2.45) is 0 Å². The van der Waals surface area contributed by atoms with Gasteiger partial charge in [-0.25, -0.2) is 0 Å². The van der Waals surface area contributed by atoms with Gasteiger partial charge in [0.25, 0.3) is 5.91 Å². The lowest BCUT2D eigenvalue weighted by atomic mass is 10.2. The largest absolute Gasteiger partial charge is 0.368 e. The Morgan fingerprint density at radius 3 is 2.75 bits per heavy atom. The van der Waals surface area contributed by atoms with Gasteiger partial charge in [0.2, 0.25) is 0 Å². The molecular formula is C18H16ClN3OS. The monoisotopic (exact) mass is 357 g/mol. The predicted molar refractivity (Wildman–Crippen MR) is 99.2 cm³/mol. The first kappa shape index (κ1) is 15.4. The second-order valence-corrected chi connectivity index (χ2v) is 7.17.